The lowest BCUT2D eigenvalue weighted by Gasteiger charge is -2.26. The number of hydrogen-bond donors (Lipinski definition) is 7. The molecule has 372 valence electrons. The van der Waals surface area contributed by atoms with Crippen molar-refractivity contribution in [3.05, 3.63) is 84.4 Å². The molecule has 0 aliphatic rings. The van der Waals surface area contributed by atoms with E-state index < -0.39 is 68.4 Å². The van der Waals surface area contributed by atoms with Crippen molar-refractivity contribution >= 4 is 51.6 Å². The Kier molecular flexibility index (Phi) is 24.7. The quantitative estimate of drug-likeness (QED) is 0.0100. The number of nitrogens with one attached hydrogen (secondary N) is 7. The molecule has 0 fully saturated rings. The van der Waals surface area contributed by atoms with Crippen molar-refractivity contribution in [1.82, 2.24) is 31.7 Å². The highest BCUT2D eigenvalue weighted by molar-refractivity contribution is 7.76. The van der Waals surface area contributed by atoms with Crippen molar-refractivity contribution in [1.29, 1.82) is 5.41 Å². The molecule has 0 radical (unpaired) electrons. The zero-order chi connectivity index (χ0) is 50.1. The summed E-state index contributed by atoms with van der Waals surface area (Å²) in [5, 5.41) is 24.2. The van der Waals surface area contributed by atoms with Gasteiger partial charge in [-0.25, -0.2) is 13.8 Å². The van der Waals surface area contributed by atoms with Gasteiger partial charge in [-0.3, -0.25) is 19.8 Å². The van der Waals surface area contributed by atoms with E-state index in [0.717, 1.165) is 17.5 Å². The van der Waals surface area contributed by atoms with Crippen LogP contribution in [0.5, 0.6) is 11.5 Å². The van der Waals surface area contributed by atoms with Gasteiger partial charge in [-0.05, 0) is 95.2 Å². The van der Waals surface area contributed by atoms with Gasteiger partial charge in [0.2, 0.25) is 19.4 Å². The Labute approximate surface area is 403 Å². The van der Waals surface area contributed by atoms with Crippen LogP contribution in [0, 0.1) is 17.2 Å². The number of carbonyl (C=O) groups is 5. The zero-order valence-corrected chi connectivity index (χ0v) is 41.8. The lowest BCUT2D eigenvalue weighted by Crippen LogP contribution is -2.56. The summed E-state index contributed by atoms with van der Waals surface area (Å²) in [6.45, 7) is 13.8. The molecule has 3 aromatic carbocycles. The summed E-state index contributed by atoms with van der Waals surface area (Å²) in [6.07, 6.45) is 1.76. The number of amides is 4. The fourth-order valence-electron chi connectivity index (χ4n) is 6.70. The highest BCUT2D eigenvalue weighted by Gasteiger charge is 2.31. The summed E-state index contributed by atoms with van der Waals surface area (Å²) in [5.41, 5.74) is 1.58. The van der Waals surface area contributed by atoms with Crippen LogP contribution in [-0.2, 0) is 35.3 Å². The standard InChI is InChI=1S/C49H72BFN7O9P/c1-33(2)26-29-64-41-24-13-11-20-36(41)37-21-12-14-25-42(37)65-32-43(59)55-38(22-15-16-27-54-48(63)67-49(5,6)7)44(60)56-39(23-17-28-53-47(52)58-68(50)51)45(61)57-40(30-34(3)4)46(62)66-31-35-18-9-8-10-19-35/h8-14,18-21,24-25,33-34,38-40H,15-17,22-23,26-32,50H2,1-7H3,(H,54,63)(H,55,59)(H,56,60)(H,57,61)(H3,52,53,58)/t38-,39-,40+,68?/m1/s1. The molecule has 0 aliphatic heterocycles. The summed E-state index contributed by atoms with van der Waals surface area (Å²) >= 11 is 0. The number of ether oxygens (including phenoxy) is 4. The number of guanidine groups is 1. The average molecular weight is 964 g/mol. The molecule has 4 atom stereocenters. The average Bonchev–Trinajstić information content (AvgIpc) is 3.27. The van der Waals surface area contributed by atoms with Crippen LogP contribution in [0.3, 0.4) is 0 Å². The Hall–Kier alpha value is -5.90. The first kappa shape index (κ1) is 56.4. The Morgan fingerprint density at radius 3 is 1.85 bits per heavy atom. The van der Waals surface area contributed by atoms with Gasteiger partial charge in [-0.2, -0.15) is 0 Å². The van der Waals surface area contributed by atoms with Crippen LogP contribution in [0.1, 0.15) is 99.0 Å². The summed E-state index contributed by atoms with van der Waals surface area (Å²) in [7, 11) is -0.772. The van der Waals surface area contributed by atoms with Gasteiger partial charge in [-0.1, -0.05) is 94.4 Å². The molecule has 4 amide bonds. The first-order valence-electron chi connectivity index (χ1n) is 23.3. The molecule has 0 bridgehead atoms. The van der Waals surface area contributed by atoms with E-state index in [0.29, 0.717) is 42.4 Å². The summed E-state index contributed by atoms with van der Waals surface area (Å²) in [4.78, 5) is 67.8. The predicted octanol–water partition coefficient (Wildman–Crippen LogP) is 6.82. The lowest BCUT2D eigenvalue weighted by molar-refractivity contribution is -0.150. The second-order valence-electron chi connectivity index (χ2n) is 18.2. The van der Waals surface area contributed by atoms with Gasteiger partial charge in [0.05, 0.1) is 6.61 Å². The van der Waals surface area contributed by atoms with Gasteiger partial charge < -0.3 is 50.6 Å². The molecule has 0 aromatic heterocycles. The number of rotatable bonds is 28. The number of esters is 1. The first-order chi connectivity index (χ1) is 32.3. The van der Waals surface area contributed by atoms with Crippen molar-refractivity contribution in [2.75, 3.05) is 26.3 Å². The molecule has 3 aromatic rings. The van der Waals surface area contributed by atoms with E-state index in [4.69, 9.17) is 24.4 Å². The minimum absolute atomic E-state index is 0.00107. The molecule has 0 spiro atoms. The van der Waals surface area contributed by atoms with Crippen LogP contribution in [0.4, 0.5) is 8.99 Å². The number of carbonyl (C=O) groups excluding carboxylic acids is 5. The van der Waals surface area contributed by atoms with E-state index in [1.807, 2.05) is 80.6 Å². The molecular formula is C49H72BFN7O9P. The van der Waals surface area contributed by atoms with Gasteiger partial charge in [-0.15, -0.1) is 0 Å². The molecule has 0 saturated heterocycles. The topological polar surface area (TPSA) is 218 Å². The van der Waals surface area contributed by atoms with Gasteiger partial charge in [0.1, 0.15) is 50.1 Å². The van der Waals surface area contributed by atoms with E-state index in [1.165, 1.54) is 7.57 Å². The minimum Gasteiger partial charge on any atom is -0.493 e. The normalized spacial score (nSPS) is 13.0. The molecule has 1 unspecified atom stereocenters. The van der Waals surface area contributed by atoms with E-state index in [1.54, 1.807) is 32.9 Å². The van der Waals surface area contributed by atoms with Crippen LogP contribution >= 0.6 is 8.26 Å². The minimum atomic E-state index is -2.08. The largest absolute Gasteiger partial charge is 0.493 e. The second kappa shape index (κ2) is 29.8. The molecule has 7 N–H and O–H groups in total. The lowest BCUT2D eigenvalue weighted by atomic mass is 10.0. The summed E-state index contributed by atoms with van der Waals surface area (Å²) in [6, 6.07) is 20.6. The Balaban J connectivity index is 1.83. The molecule has 19 heteroatoms. The zero-order valence-electron chi connectivity index (χ0n) is 40.9. The fourth-order valence-corrected chi connectivity index (χ4v) is 7.09. The fraction of sp³-hybridized carbons (Fsp3) is 0.510. The number of alkyl carbamates (subject to hydrolysis) is 1. The third-order valence-electron chi connectivity index (χ3n) is 10.0. The first-order valence-corrected chi connectivity index (χ1v) is 25.0. The van der Waals surface area contributed by atoms with Gasteiger partial charge in [0.15, 0.2) is 12.6 Å². The molecule has 3 rings (SSSR count). The number of halogens is 1. The summed E-state index contributed by atoms with van der Waals surface area (Å²) < 4.78 is 36.7. The van der Waals surface area contributed by atoms with Crippen LogP contribution in [0.25, 0.3) is 11.1 Å². The van der Waals surface area contributed by atoms with E-state index in [-0.39, 0.29) is 57.3 Å². The monoisotopic (exact) mass is 964 g/mol. The van der Waals surface area contributed by atoms with Crippen molar-refractivity contribution in [2.24, 2.45) is 11.8 Å². The highest BCUT2D eigenvalue weighted by Crippen LogP contribution is 2.36. The molecule has 0 heterocycles. The summed E-state index contributed by atoms with van der Waals surface area (Å²) in [5.74, 6) is -1.26. The van der Waals surface area contributed by atoms with Crippen LogP contribution < -0.4 is 41.1 Å². The highest BCUT2D eigenvalue weighted by atomic mass is 31.2. The molecule has 68 heavy (non-hydrogen) atoms. The smallest absolute Gasteiger partial charge is 0.407 e. The van der Waals surface area contributed by atoms with Gasteiger partial charge >= 0.3 is 12.1 Å². The van der Waals surface area contributed by atoms with Crippen molar-refractivity contribution in [3.8, 4) is 22.6 Å². The molecule has 0 aliphatic carbocycles. The van der Waals surface area contributed by atoms with Crippen LogP contribution in [0.2, 0.25) is 0 Å². The number of hydrogen-bond acceptors (Lipinski definition) is 10. The maximum Gasteiger partial charge on any atom is 0.407 e. The number of unbranched alkanes of at least 4 members (excludes halogenated alkanes) is 1. The number of para-hydroxylation sites is 2. The van der Waals surface area contributed by atoms with E-state index in [2.05, 4.69) is 45.5 Å². The Morgan fingerprint density at radius 2 is 1.25 bits per heavy atom. The van der Waals surface area contributed by atoms with E-state index in [9.17, 15) is 28.2 Å². The molecular weight excluding hydrogens is 891 g/mol. The molecule has 0 saturated carbocycles. The maximum atomic E-state index is 14.3. The van der Waals surface area contributed by atoms with Crippen molar-refractivity contribution in [2.45, 2.75) is 124 Å². The van der Waals surface area contributed by atoms with E-state index >= 15 is 0 Å². The third kappa shape index (κ3) is 22.7. The SMILES string of the molecule is BP(F)NC(=N)NCCC[C@@H](NC(=O)[C@@H](CCCCNC(=O)OC(C)(C)C)NC(=O)COc1ccccc1-c1ccccc1OCCC(C)C)C(=O)N[C@@H](CC(C)C)C(=O)OCc1ccccc1. The van der Waals surface area contributed by atoms with Crippen molar-refractivity contribution in [3.63, 3.8) is 0 Å². The number of benzene rings is 3. The van der Waals surface area contributed by atoms with Crippen LogP contribution in [-0.4, -0.2) is 93.3 Å². The Morgan fingerprint density at radius 1 is 0.691 bits per heavy atom. The molecule has 16 nitrogen and oxygen atoms in total. The van der Waals surface area contributed by atoms with Crippen LogP contribution in [0.15, 0.2) is 78.9 Å². The second-order valence-corrected chi connectivity index (χ2v) is 19.4. The van der Waals surface area contributed by atoms with Gasteiger partial charge in [0.25, 0.3) is 5.91 Å². The maximum absolute atomic E-state index is 14.3. The van der Waals surface area contributed by atoms with Gasteiger partial charge in [0, 0.05) is 24.2 Å². The Bertz CT molecular complexity index is 2060. The van der Waals surface area contributed by atoms with Crippen molar-refractivity contribution < 1.29 is 47.1 Å². The predicted molar refractivity (Wildman–Crippen MR) is 267 cm³/mol. The third-order valence-corrected chi connectivity index (χ3v) is 10.5.